The van der Waals surface area contributed by atoms with Crippen molar-refractivity contribution >= 4 is 39.5 Å². The minimum absolute atomic E-state index is 0.106. The maximum absolute atomic E-state index is 13.1. The van der Waals surface area contributed by atoms with Crippen LogP contribution < -0.4 is 0 Å². The molecule has 0 aliphatic heterocycles. The molecule has 5 atom stereocenters. The molecule has 0 heterocycles. The second-order valence-corrected chi connectivity index (χ2v) is 33.1. The van der Waals surface area contributed by atoms with Gasteiger partial charge in [-0.1, -0.05) is 363 Å². The van der Waals surface area contributed by atoms with Crippen LogP contribution >= 0.6 is 15.6 Å². The number of ether oxygens (including phenoxy) is 4. The molecule has 0 rings (SSSR count). The van der Waals surface area contributed by atoms with Gasteiger partial charge in [-0.3, -0.25) is 37.3 Å². The Kier molecular flexibility index (Phi) is 69.0. The van der Waals surface area contributed by atoms with Crippen molar-refractivity contribution in [3.8, 4) is 0 Å². The summed E-state index contributed by atoms with van der Waals surface area (Å²) >= 11 is 0. The zero-order valence-electron chi connectivity index (χ0n) is 65.0. The summed E-state index contributed by atoms with van der Waals surface area (Å²) < 4.78 is 68.7. The Bertz CT molecular complexity index is 1920. The molecule has 0 amide bonds. The molecular formula is C80H156O17P2. The summed E-state index contributed by atoms with van der Waals surface area (Å²) in [5.41, 5.74) is 0. The lowest BCUT2D eigenvalue weighted by Gasteiger charge is -2.21. The third kappa shape index (κ3) is 74.1. The van der Waals surface area contributed by atoms with Gasteiger partial charge in [0.25, 0.3) is 0 Å². The fourth-order valence-electron chi connectivity index (χ4n) is 12.3. The van der Waals surface area contributed by atoms with Gasteiger partial charge < -0.3 is 33.8 Å². The number of aliphatic hydroxyl groups is 1. The molecule has 0 aliphatic carbocycles. The molecule has 99 heavy (non-hydrogen) atoms. The first-order valence-electron chi connectivity index (χ1n) is 41.3. The maximum Gasteiger partial charge on any atom is 0.472 e. The number of phosphoric acid groups is 2. The summed E-state index contributed by atoms with van der Waals surface area (Å²) in [6.45, 7) is 11.9. The second-order valence-electron chi connectivity index (χ2n) is 30.2. The van der Waals surface area contributed by atoms with Crippen LogP contribution in [0.4, 0.5) is 0 Å². The van der Waals surface area contributed by atoms with E-state index in [0.717, 1.165) is 108 Å². The number of hydrogen-bond donors (Lipinski definition) is 3. The van der Waals surface area contributed by atoms with Gasteiger partial charge in [0.15, 0.2) is 12.2 Å². The standard InChI is InChI=1S/C80H156O17P2/c1-8-9-10-11-12-13-14-15-16-19-22-27-32-40-47-54-61-77(82)90-67-75(96-79(84)63-56-49-42-33-28-23-20-17-18-21-25-30-37-44-51-58-71(2)3)69-94-98(86,87)92-65-74(81)66-93-99(88,89)95-70-76(68-91-78(83)62-55-48-41-36-35-39-46-53-60-73(6)7)97-80(85)64-57-50-43-34-29-24-26-31-38-45-52-59-72(4)5/h71-76,81H,8-70H2,1-7H3,(H,86,87)(H,88,89)/t74-,75-,76-/m1/s1. The molecule has 0 aromatic carbocycles. The van der Waals surface area contributed by atoms with Gasteiger partial charge in [-0.2, -0.15) is 0 Å². The van der Waals surface area contributed by atoms with Crippen LogP contribution in [0.3, 0.4) is 0 Å². The number of unbranched alkanes of at least 4 members (excludes halogenated alkanes) is 46. The average molecular weight is 1450 g/mol. The fraction of sp³-hybridized carbons (Fsp3) is 0.950. The van der Waals surface area contributed by atoms with Crippen LogP contribution in [0.5, 0.6) is 0 Å². The van der Waals surface area contributed by atoms with Crippen molar-refractivity contribution in [2.75, 3.05) is 39.6 Å². The van der Waals surface area contributed by atoms with E-state index in [4.69, 9.17) is 37.0 Å². The number of aliphatic hydroxyl groups excluding tert-OH is 1. The van der Waals surface area contributed by atoms with Gasteiger partial charge in [-0.05, 0) is 43.4 Å². The van der Waals surface area contributed by atoms with Crippen LogP contribution in [-0.2, 0) is 65.4 Å². The summed E-state index contributed by atoms with van der Waals surface area (Å²) in [6, 6.07) is 0. The monoisotopic (exact) mass is 1450 g/mol. The Morgan fingerprint density at radius 3 is 0.687 bits per heavy atom. The molecule has 0 saturated heterocycles. The smallest absolute Gasteiger partial charge is 0.462 e. The molecule has 0 fully saturated rings. The topological polar surface area (TPSA) is 237 Å². The molecule has 588 valence electrons. The molecule has 2 unspecified atom stereocenters. The summed E-state index contributed by atoms with van der Waals surface area (Å²) in [5, 5.41) is 10.6. The zero-order valence-corrected chi connectivity index (χ0v) is 66.8. The van der Waals surface area contributed by atoms with Crippen molar-refractivity contribution in [2.24, 2.45) is 17.8 Å². The van der Waals surface area contributed by atoms with Gasteiger partial charge in [0, 0.05) is 25.7 Å². The highest BCUT2D eigenvalue weighted by atomic mass is 31.2. The van der Waals surface area contributed by atoms with E-state index in [1.807, 2.05) is 0 Å². The van der Waals surface area contributed by atoms with Crippen molar-refractivity contribution < 1.29 is 80.2 Å². The molecule has 0 aromatic heterocycles. The Balaban J connectivity index is 5.26. The van der Waals surface area contributed by atoms with Crippen LogP contribution in [0.1, 0.15) is 414 Å². The van der Waals surface area contributed by atoms with Gasteiger partial charge in [0.1, 0.15) is 19.3 Å². The zero-order chi connectivity index (χ0) is 73.0. The Hall–Kier alpha value is -1.94. The number of hydrogen-bond acceptors (Lipinski definition) is 15. The van der Waals surface area contributed by atoms with Gasteiger partial charge in [-0.15, -0.1) is 0 Å². The molecular weight excluding hydrogens is 1290 g/mol. The van der Waals surface area contributed by atoms with Crippen LogP contribution in [0, 0.1) is 17.8 Å². The Morgan fingerprint density at radius 1 is 0.273 bits per heavy atom. The lowest BCUT2D eigenvalue weighted by molar-refractivity contribution is -0.161. The molecule has 0 bridgehead atoms. The quantitative estimate of drug-likeness (QED) is 0.0222. The van der Waals surface area contributed by atoms with E-state index in [9.17, 15) is 43.2 Å². The van der Waals surface area contributed by atoms with Gasteiger partial charge in [0.05, 0.1) is 26.4 Å². The number of esters is 4. The Labute approximate surface area is 607 Å². The van der Waals surface area contributed by atoms with Crippen molar-refractivity contribution in [3.63, 3.8) is 0 Å². The minimum Gasteiger partial charge on any atom is -0.462 e. The van der Waals surface area contributed by atoms with Gasteiger partial charge in [-0.25, -0.2) is 9.13 Å². The largest absolute Gasteiger partial charge is 0.472 e. The van der Waals surface area contributed by atoms with Gasteiger partial charge in [0.2, 0.25) is 0 Å². The summed E-state index contributed by atoms with van der Waals surface area (Å²) in [4.78, 5) is 73.0. The molecule has 0 aromatic rings. The number of phosphoric ester groups is 2. The van der Waals surface area contributed by atoms with Crippen LogP contribution in [-0.4, -0.2) is 96.7 Å². The molecule has 3 N–H and O–H groups in total. The predicted octanol–water partition coefficient (Wildman–Crippen LogP) is 23.7. The van der Waals surface area contributed by atoms with Crippen LogP contribution in [0.15, 0.2) is 0 Å². The fourth-order valence-corrected chi connectivity index (χ4v) is 13.9. The van der Waals surface area contributed by atoms with Crippen molar-refractivity contribution in [2.45, 2.75) is 433 Å². The molecule has 0 saturated carbocycles. The van der Waals surface area contributed by atoms with E-state index in [1.165, 1.54) is 225 Å². The van der Waals surface area contributed by atoms with Crippen molar-refractivity contribution in [1.29, 1.82) is 0 Å². The first-order valence-corrected chi connectivity index (χ1v) is 44.3. The van der Waals surface area contributed by atoms with E-state index in [0.29, 0.717) is 25.7 Å². The highest BCUT2D eigenvalue weighted by Gasteiger charge is 2.30. The molecule has 0 aliphatic rings. The van der Waals surface area contributed by atoms with Crippen LogP contribution in [0.2, 0.25) is 0 Å². The van der Waals surface area contributed by atoms with E-state index in [2.05, 4.69) is 48.5 Å². The maximum atomic E-state index is 13.1. The third-order valence-corrected chi connectivity index (χ3v) is 20.5. The summed E-state index contributed by atoms with van der Waals surface area (Å²) in [6.07, 6.45) is 58.2. The molecule has 0 radical (unpaired) electrons. The first-order chi connectivity index (χ1) is 47.7. The third-order valence-electron chi connectivity index (χ3n) is 18.6. The molecule has 17 nitrogen and oxygen atoms in total. The van der Waals surface area contributed by atoms with E-state index in [-0.39, 0.29) is 25.7 Å². The molecule has 19 heteroatoms. The highest BCUT2D eigenvalue weighted by molar-refractivity contribution is 7.47. The van der Waals surface area contributed by atoms with Crippen molar-refractivity contribution in [1.82, 2.24) is 0 Å². The Morgan fingerprint density at radius 2 is 0.465 bits per heavy atom. The SMILES string of the molecule is CCCCCCCCCCCCCCCCCCC(=O)OC[C@H](COP(=O)(O)OC[C@@H](O)COP(=O)(O)OC[C@@H](COC(=O)CCCCCCCCCCC(C)C)OC(=O)CCCCCCCCCCCCCC(C)C)OC(=O)CCCCCCCCCCCCCCCCCC(C)C. The van der Waals surface area contributed by atoms with Crippen molar-refractivity contribution in [3.05, 3.63) is 0 Å². The lowest BCUT2D eigenvalue weighted by Crippen LogP contribution is -2.30. The normalized spacial score (nSPS) is 14.0. The number of carbonyl (C=O) groups is 4. The molecule has 0 spiro atoms. The van der Waals surface area contributed by atoms with E-state index in [1.54, 1.807) is 0 Å². The average Bonchev–Trinajstić information content (AvgIpc) is 1.05. The lowest BCUT2D eigenvalue weighted by atomic mass is 10.0. The van der Waals surface area contributed by atoms with Gasteiger partial charge >= 0.3 is 39.5 Å². The highest BCUT2D eigenvalue weighted by Crippen LogP contribution is 2.45. The summed E-state index contributed by atoms with van der Waals surface area (Å²) in [7, 11) is -9.92. The van der Waals surface area contributed by atoms with Crippen LogP contribution in [0.25, 0.3) is 0 Å². The second kappa shape index (κ2) is 70.4. The summed E-state index contributed by atoms with van der Waals surface area (Å²) in [5.74, 6) is 0.182. The number of rotatable bonds is 78. The first kappa shape index (κ1) is 97.1. The minimum atomic E-state index is -4.96. The van der Waals surface area contributed by atoms with E-state index >= 15 is 0 Å². The number of carbonyl (C=O) groups excluding carboxylic acids is 4. The predicted molar refractivity (Wildman–Crippen MR) is 405 cm³/mol. The van der Waals surface area contributed by atoms with E-state index < -0.39 is 97.5 Å².